The fraction of sp³-hybridized carbons (Fsp3) is 0.500. The van der Waals surface area contributed by atoms with E-state index < -0.39 is 43.2 Å². The third kappa shape index (κ3) is 4.19. The highest BCUT2D eigenvalue weighted by Gasteiger charge is 2.58. The second-order valence-electron chi connectivity index (χ2n) is 10.3. The number of amides is 2. The van der Waals surface area contributed by atoms with Crippen molar-refractivity contribution in [2.75, 3.05) is 6.54 Å². The van der Waals surface area contributed by atoms with Crippen molar-refractivity contribution in [3.63, 3.8) is 0 Å². The zero-order valence-electron chi connectivity index (χ0n) is 19.5. The van der Waals surface area contributed by atoms with Crippen LogP contribution in [-0.4, -0.2) is 53.8 Å². The summed E-state index contributed by atoms with van der Waals surface area (Å²) in [6.07, 6.45) is 9.50. The van der Waals surface area contributed by atoms with E-state index in [1.807, 2.05) is 31.2 Å². The van der Waals surface area contributed by atoms with Gasteiger partial charge in [0.1, 0.15) is 11.6 Å². The Bertz CT molecular complexity index is 1260. The minimum absolute atomic E-state index is 0.0267. The minimum Gasteiger partial charge on any atom is -0.336 e. The number of halogens is 1. The number of nitriles is 1. The van der Waals surface area contributed by atoms with Crippen LogP contribution in [0.3, 0.4) is 0 Å². The Labute approximate surface area is 210 Å². The van der Waals surface area contributed by atoms with E-state index in [0.29, 0.717) is 30.7 Å². The average Bonchev–Trinajstić information content (AvgIpc) is 3.76. The molecule has 1 saturated heterocycles. The summed E-state index contributed by atoms with van der Waals surface area (Å²) in [7, 11) is -3.67. The van der Waals surface area contributed by atoms with E-state index in [1.165, 1.54) is 4.90 Å². The molecule has 0 bridgehead atoms. The molecule has 1 aromatic carbocycles. The second kappa shape index (κ2) is 8.49. The largest absolute Gasteiger partial charge is 0.336 e. The maximum atomic E-state index is 13.9. The average molecular weight is 514 g/mol. The van der Waals surface area contributed by atoms with Gasteiger partial charge in [0.05, 0.1) is 22.0 Å². The quantitative estimate of drug-likeness (QED) is 0.629. The fourth-order valence-corrected chi connectivity index (χ4v) is 7.73. The molecule has 0 spiro atoms. The van der Waals surface area contributed by atoms with Crippen molar-refractivity contribution in [1.82, 2.24) is 10.2 Å². The van der Waals surface area contributed by atoms with Gasteiger partial charge in [0.2, 0.25) is 11.8 Å². The second-order valence-corrected chi connectivity index (χ2v) is 13.1. The third-order valence-corrected chi connectivity index (χ3v) is 10.8. The molecule has 4 aliphatic rings. The smallest absolute Gasteiger partial charge is 0.244 e. The van der Waals surface area contributed by atoms with Crippen molar-refractivity contribution >= 4 is 33.3 Å². The lowest BCUT2D eigenvalue weighted by molar-refractivity contribution is -0.140. The number of benzene rings is 1. The van der Waals surface area contributed by atoms with Crippen LogP contribution >= 0.6 is 11.6 Å². The van der Waals surface area contributed by atoms with Crippen LogP contribution in [0.5, 0.6) is 0 Å². The van der Waals surface area contributed by atoms with Crippen molar-refractivity contribution in [3.05, 3.63) is 59.2 Å². The molecule has 35 heavy (non-hydrogen) atoms. The molecule has 4 atom stereocenters. The van der Waals surface area contributed by atoms with E-state index in [0.717, 1.165) is 5.56 Å². The number of allylic oxidation sites excluding steroid dienone is 3. The maximum Gasteiger partial charge on any atom is 0.244 e. The van der Waals surface area contributed by atoms with Gasteiger partial charge in [0, 0.05) is 11.6 Å². The number of rotatable bonds is 6. The van der Waals surface area contributed by atoms with Gasteiger partial charge in [-0.15, -0.1) is 0 Å². The van der Waals surface area contributed by atoms with E-state index in [1.54, 1.807) is 24.3 Å². The molecule has 0 aromatic heterocycles. The van der Waals surface area contributed by atoms with Gasteiger partial charge in [0.15, 0.2) is 9.84 Å². The summed E-state index contributed by atoms with van der Waals surface area (Å²) in [6, 6.07) is 8.32. The van der Waals surface area contributed by atoms with Crippen LogP contribution in [0.25, 0.3) is 0 Å². The summed E-state index contributed by atoms with van der Waals surface area (Å²) in [4.78, 5) is 28.7. The molecule has 2 amide bonds. The molecule has 1 heterocycles. The zero-order chi connectivity index (χ0) is 25.0. The number of carbonyl (C=O) groups is 2. The van der Waals surface area contributed by atoms with Crippen LogP contribution in [0.4, 0.5) is 0 Å². The van der Waals surface area contributed by atoms with Gasteiger partial charge in [-0.2, -0.15) is 5.26 Å². The Morgan fingerprint density at radius 1 is 1.11 bits per heavy atom. The van der Waals surface area contributed by atoms with Gasteiger partial charge in [-0.05, 0) is 55.7 Å². The number of carbonyl (C=O) groups excluding carboxylic acids is 2. The highest BCUT2D eigenvalue weighted by atomic mass is 35.5. The molecule has 1 N–H and O–H groups in total. The lowest BCUT2D eigenvalue weighted by Crippen LogP contribution is -2.51. The lowest BCUT2D eigenvalue weighted by atomic mass is 9.94. The van der Waals surface area contributed by atoms with E-state index in [2.05, 4.69) is 11.4 Å². The SMILES string of the molecule is CC1C=CC=CC1S(=O)(=O)C1CC(C(=O)NC2(C#N)CC2)N(C(=O)C2(c3ccc(Cl)cc3)CC2)C1. The van der Waals surface area contributed by atoms with Crippen LogP contribution in [0, 0.1) is 17.2 Å². The fourth-order valence-electron chi connectivity index (χ4n) is 5.34. The standard InChI is InChI=1S/C26H28ClN3O4S/c1-17-4-2-3-5-22(17)35(33,34)20-14-21(23(31)29-25(16-28)10-11-25)30(15-20)24(32)26(12-13-26)18-6-8-19(27)9-7-18/h2-9,17,20-22H,10-15H2,1H3,(H,29,31). The van der Waals surface area contributed by atoms with E-state index in [-0.39, 0.29) is 24.8 Å². The molecular weight excluding hydrogens is 486 g/mol. The molecule has 184 valence electrons. The highest BCUT2D eigenvalue weighted by Crippen LogP contribution is 2.51. The van der Waals surface area contributed by atoms with Gasteiger partial charge in [-0.25, -0.2) is 8.42 Å². The topological polar surface area (TPSA) is 107 Å². The Hall–Kier alpha value is -2.63. The monoisotopic (exact) mass is 513 g/mol. The van der Waals surface area contributed by atoms with Crippen molar-refractivity contribution < 1.29 is 18.0 Å². The molecule has 9 heteroatoms. The van der Waals surface area contributed by atoms with Crippen LogP contribution in [0.1, 0.15) is 44.6 Å². The summed E-state index contributed by atoms with van der Waals surface area (Å²) in [5, 5.41) is 11.3. The summed E-state index contributed by atoms with van der Waals surface area (Å²) in [5.41, 5.74) is -0.849. The molecule has 3 aliphatic carbocycles. The first-order valence-electron chi connectivity index (χ1n) is 12.0. The molecular formula is C26H28ClN3O4S. The van der Waals surface area contributed by atoms with Crippen LogP contribution in [0.15, 0.2) is 48.6 Å². The molecule has 1 aromatic rings. The first-order valence-corrected chi connectivity index (χ1v) is 14.0. The summed E-state index contributed by atoms with van der Waals surface area (Å²) in [5.74, 6) is -0.875. The Kier molecular flexibility index (Phi) is 5.84. The maximum absolute atomic E-state index is 13.9. The molecule has 3 fully saturated rings. The number of nitrogens with one attached hydrogen (secondary N) is 1. The Morgan fingerprint density at radius 3 is 2.34 bits per heavy atom. The lowest BCUT2D eigenvalue weighted by Gasteiger charge is -2.29. The number of nitrogens with zero attached hydrogens (tertiary/aromatic N) is 2. The van der Waals surface area contributed by atoms with Gasteiger partial charge >= 0.3 is 0 Å². The van der Waals surface area contributed by atoms with Crippen LogP contribution < -0.4 is 5.32 Å². The number of likely N-dealkylation sites (tertiary alicyclic amines) is 1. The van der Waals surface area contributed by atoms with Crippen LogP contribution in [-0.2, 0) is 24.8 Å². The minimum atomic E-state index is -3.67. The molecule has 4 unspecified atom stereocenters. The third-order valence-electron chi connectivity index (χ3n) is 7.90. The summed E-state index contributed by atoms with van der Waals surface area (Å²) < 4.78 is 27.3. The Balaban J connectivity index is 1.45. The highest BCUT2D eigenvalue weighted by molar-refractivity contribution is 7.92. The predicted octanol–water partition coefficient (Wildman–Crippen LogP) is 3.06. The van der Waals surface area contributed by atoms with Crippen LogP contribution in [0.2, 0.25) is 5.02 Å². The predicted molar refractivity (Wildman–Crippen MR) is 132 cm³/mol. The number of hydrogen-bond donors (Lipinski definition) is 1. The molecule has 0 radical (unpaired) electrons. The van der Waals surface area contributed by atoms with Gasteiger partial charge in [-0.1, -0.05) is 55.0 Å². The number of sulfone groups is 1. The molecule has 7 nitrogen and oxygen atoms in total. The van der Waals surface area contributed by atoms with Gasteiger partial charge in [0.25, 0.3) is 0 Å². The number of hydrogen-bond acceptors (Lipinski definition) is 5. The summed E-state index contributed by atoms with van der Waals surface area (Å²) >= 11 is 6.04. The zero-order valence-corrected chi connectivity index (χ0v) is 21.1. The first kappa shape index (κ1) is 24.1. The first-order chi connectivity index (χ1) is 16.6. The van der Waals surface area contributed by atoms with E-state index in [9.17, 15) is 23.3 Å². The van der Waals surface area contributed by atoms with Crippen molar-refractivity contribution in [3.8, 4) is 6.07 Å². The summed E-state index contributed by atoms with van der Waals surface area (Å²) in [6.45, 7) is 1.82. The normalized spacial score (nSPS) is 29.9. The van der Waals surface area contributed by atoms with Crippen molar-refractivity contribution in [1.29, 1.82) is 5.26 Å². The van der Waals surface area contributed by atoms with E-state index >= 15 is 0 Å². The Morgan fingerprint density at radius 2 is 1.77 bits per heavy atom. The van der Waals surface area contributed by atoms with Crippen molar-refractivity contribution in [2.45, 2.75) is 66.5 Å². The molecule has 5 rings (SSSR count). The molecule has 1 aliphatic heterocycles. The molecule has 2 saturated carbocycles. The van der Waals surface area contributed by atoms with Crippen molar-refractivity contribution in [2.24, 2.45) is 5.92 Å². The van der Waals surface area contributed by atoms with E-state index in [4.69, 9.17) is 11.6 Å². The van der Waals surface area contributed by atoms with Gasteiger partial charge < -0.3 is 10.2 Å². The van der Waals surface area contributed by atoms with Gasteiger partial charge in [-0.3, -0.25) is 9.59 Å².